The molecule has 9 heteroatoms. The molecule has 2 aliphatic heterocycles. The van der Waals surface area contributed by atoms with Gasteiger partial charge in [0.05, 0.1) is 0 Å². The average Bonchev–Trinajstić information content (AvgIpc) is 3.02. The molecule has 0 aromatic heterocycles. The van der Waals surface area contributed by atoms with Crippen molar-refractivity contribution in [1.82, 2.24) is 9.80 Å². The summed E-state index contributed by atoms with van der Waals surface area (Å²) in [6.07, 6.45) is 3.87. The van der Waals surface area contributed by atoms with Crippen LogP contribution in [0.25, 0.3) is 0 Å². The van der Waals surface area contributed by atoms with Gasteiger partial charge in [-0.05, 0) is 97.0 Å². The van der Waals surface area contributed by atoms with E-state index in [0.717, 1.165) is 57.8 Å². The zero-order valence-corrected chi connectivity index (χ0v) is 33.8. The number of hydrogen-bond donors (Lipinski definition) is 0. The van der Waals surface area contributed by atoms with Gasteiger partial charge >= 0.3 is 12.2 Å². The fourth-order valence-electron chi connectivity index (χ4n) is 5.05. The molecular formula is C39H54Br2N2O4P-. The molecule has 3 aromatic rings. The number of carbonyl (C=O) groups excluding carboxylic acids is 2. The summed E-state index contributed by atoms with van der Waals surface area (Å²) in [5.74, 6) is 0.744. The first-order valence-corrected chi connectivity index (χ1v) is 19.0. The summed E-state index contributed by atoms with van der Waals surface area (Å²) >= 11 is 3.55. The third-order valence-corrected chi connectivity index (χ3v) is 10.9. The number of nitrogens with zero attached hydrogens (tertiary/aromatic N) is 2. The summed E-state index contributed by atoms with van der Waals surface area (Å²) < 4.78 is 10.6. The Morgan fingerprint density at radius 2 is 0.896 bits per heavy atom. The molecule has 0 N–H and O–H groups in total. The monoisotopic (exact) mass is 803 g/mol. The summed E-state index contributed by atoms with van der Waals surface area (Å²) in [6, 6.07) is 32.3. The highest BCUT2D eigenvalue weighted by molar-refractivity contribution is 9.09. The summed E-state index contributed by atoms with van der Waals surface area (Å²) in [5.41, 5.74) is -0.761. The molecule has 0 bridgehead atoms. The highest BCUT2D eigenvalue weighted by Gasteiger charge is 2.26. The van der Waals surface area contributed by atoms with Crippen LogP contribution in [0.15, 0.2) is 91.0 Å². The van der Waals surface area contributed by atoms with Crippen molar-refractivity contribution < 1.29 is 36.0 Å². The number of likely N-dealkylation sites (tertiary alicyclic amines) is 2. The van der Waals surface area contributed by atoms with Gasteiger partial charge in [-0.15, -0.1) is 0 Å². The third kappa shape index (κ3) is 15.4. The summed E-state index contributed by atoms with van der Waals surface area (Å²) in [5, 5.41) is 4.19. The Morgan fingerprint density at radius 1 is 0.604 bits per heavy atom. The zero-order chi connectivity index (χ0) is 34.5. The zero-order valence-electron chi connectivity index (χ0n) is 29.7. The Morgan fingerprint density at radius 3 is 1.19 bits per heavy atom. The third-order valence-electron chi connectivity index (χ3n) is 7.55. The van der Waals surface area contributed by atoms with E-state index in [9.17, 15) is 9.59 Å². The van der Waals surface area contributed by atoms with Gasteiger partial charge in [-0.2, -0.15) is 0 Å². The van der Waals surface area contributed by atoms with Crippen LogP contribution in [-0.2, 0) is 9.47 Å². The maximum Gasteiger partial charge on any atom is 0.410 e. The van der Waals surface area contributed by atoms with E-state index in [2.05, 4.69) is 114 Å². The SMILES string of the molecule is CC(C)(C)OC(=O)N1CCC(Br)CC1.CC1CCN(C(=O)OC(C)(C)C)CC1.[Br-].c1ccc(P(c2ccccc2)c2ccccc2)cc1. The summed E-state index contributed by atoms with van der Waals surface area (Å²) in [6.45, 7) is 16.9. The van der Waals surface area contributed by atoms with Crippen molar-refractivity contribution >= 4 is 52.0 Å². The van der Waals surface area contributed by atoms with Crippen LogP contribution in [-0.4, -0.2) is 64.2 Å². The Kier molecular flexibility index (Phi) is 17.7. The first-order valence-electron chi connectivity index (χ1n) is 16.8. The largest absolute Gasteiger partial charge is 1.00 e. The van der Waals surface area contributed by atoms with Gasteiger partial charge in [0.25, 0.3) is 0 Å². The lowest BCUT2D eigenvalue weighted by atomic mass is 10.00. The van der Waals surface area contributed by atoms with Gasteiger partial charge in [-0.25, -0.2) is 9.59 Å². The number of alkyl halides is 1. The maximum atomic E-state index is 11.6. The number of amides is 2. The molecule has 2 amide bonds. The van der Waals surface area contributed by atoms with Crippen molar-refractivity contribution in [3.8, 4) is 0 Å². The second-order valence-electron chi connectivity index (χ2n) is 14.1. The van der Waals surface area contributed by atoms with Crippen LogP contribution in [0, 0.1) is 5.92 Å². The summed E-state index contributed by atoms with van der Waals surface area (Å²) in [7, 11) is -0.446. The van der Waals surface area contributed by atoms with Crippen molar-refractivity contribution in [3.63, 3.8) is 0 Å². The van der Waals surface area contributed by atoms with Gasteiger partial charge < -0.3 is 36.3 Å². The van der Waals surface area contributed by atoms with Gasteiger partial charge in [-0.3, -0.25) is 0 Å². The molecule has 2 heterocycles. The van der Waals surface area contributed by atoms with Crippen LogP contribution in [0.2, 0.25) is 0 Å². The van der Waals surface area contributed by atoms with Crippen LogP contribution in [0.3, 0.4) is 0 Å². The van der Waals surface area contributed by atoms with Crippen molar-refractivity contribution in [2.75, 3.05) is 26.2 Å². The maximum absolute atomic E-state index is 11.6. The Bertz CT molecular complexity index is 1200. The molecule has 264 valence electrons. The molecule has 0 radical (unpaired) electrons. The molecule has 5 rings (SSSR count). The summed E-state index contributed by atoms with van der Waals surface area (Å²) in [4.78, 5) is 27.4. The van der Waals surface area contributed by atoms with Crippen LogP contribution in [0.5, 0.6) is 0 Å². The first kappa shape index (κ1) is 41.8. The van der Waals surface area contributed by atoms with Gasteiger partial charge in [0.1, 0.15) is 11.2 Å². The van der Waals surface area contributed by atoms with Crippen LogP contribution >= 0.6 is 23.9 Å². The molecule has 6 nitrogen and oxygen atoms in total. The number of rotatable bonds is 3. The van der Waals surface area contributed by atoms with Gasteiger partial charge in [0.2, 0.25) is 0 Å². The number of halogens is 2. The lowest BCUT2D eigenvalue weighted by Crippen LogP contribution is -3.00. The van der Waals surface area contributed by atoms with Crippen molar-refractivity contribution in [2.24, 2.45) is 5.92 Å². The highest BCUT2D eigenvalue weighted by Crippen LogP contribution is 2.32. The first-order chi connectivity index (χ1) is 22.2. The fraction of sp³-hybridized carbons (Fsp3) is 0.487. The molecule has 0 atom stereocenters. The van der Waals surface area contributed by atoms with E-state index in [1.54, 1.807) is 4.90 Å². The van der Waals surface area contributed by atoms with Crippen molar-refractivity contribution in [1.29, 1.82) is 0 Å². The number of carbonyl (C=O) groups is 2. The van der Waals surface area contributed by atoms with E-state index >= 15 is 0 Å². The second-order valence-corrected chi connectivity index (χ2v) is 17.6. The van der Waals surface area contributed by atoms with Crippen LogP contribution < -0.4 is 32.9 Å². The Balaban J connectivity index is 0.000000253. The topological polar surface area (TPSA) is 59.1 Å². The lowest BCUT2D eigenvalue weighted by Gasteiger charge is -2.32. The second kappa shape index (κ2) is 20.3. The molecule has 0 unspecified atom stereocenters. The Labute approximate surface area is 309 Å². The van der Waals surface area contributed by atoms with E-state index in [-0.39, 0.29) is 40.4 Å². The smallest absolute Gasteiger partial charge is 0.410 e. The minimum atomic E-state index is -0.446. The van der Waals surface area contributed by atoms with Gasteiger partial charge in [0.15, 0.2) is 0 Å². The van der Waals surface area contributed by atoms with E-state index < -0.39 is 7.92 Å². The molecule has 2 aliphatic rings. The normalized spacial score (nSPS) is 15.6. The highest BCUT2D eigenvalue weighted by atomic mass is 79.9. The van der Waals surface area contributed by atoms with E-state index in [1.807, 2.05) is 46.4 Å². The lowest BCUT2D eigenvalue weighted by molar-refractivity contribution is -0.000107. The molecular weight excluding hydrogens is 751 g/mol. The number of piperidine rings is 2. The fourth-order valence-corrected chi connectivity index (χ4v) is 7.77. The number of benzene rings is 3. The van der Waals surface area contributed by atoms with Crippen LogP contribution in [0.4, 0.5) is 9.59 Å². The van der Waals surface area contributed by atoms with Crippen molar-refractivity contribution in [3.05, 3.63) is 91.0 Å². The standard InChI is InChI=1S/C18H15P.C11H21NO2.C10H18BrNO2.BrH/c1-4-10-16(11-5-1)19(17-12-6-2-7-13-17)18-14-8-3-9-15-18;1-9-5-7-12(8-6-9)10(13)14-11(2,3)4;1-10(2,3)14-9(13)12-6-4-8(11)5-7-12;/h1-15H;9H,5-8H2,1-4H3;8H,4-7H2,1-3H3;1H/p-1. The minimum absolute atomic E-state index is 0. The predicted octanol–water partition coefficient (Wildman–Crippen LogP) is 5.88. The number of hydrogen-bond acceptors (Lipinski definition) is 4. The van der Waals surface area contributed by atoms with Crippen molar-refractivity contribution in [2.45, 2.75) is 90.2 Å². The van der Waals surface area contributed by atoms with E-state index in [1.165, 1.54) is 15.9 Å². The molecule has 0 aliphatic carbocycles. The van der Waals surface area contributed by atoms with Crippen LogP contribution in [0.1, 0.15) is 74.1 Å². The molecule has 48 heavy (non-hydrogen) atoms. The van der Waals surface area contributed by atoms with E-state index in [0.29, 0.717) is 4.83 Å². The molecule has 3 aromatic carbocycles. The predicted molar refractivity (Wildman–Crippen MR) is 201 cm³/mol. The number of ether oxygens (including phenoxy) is 2. The quantitative estimate of drug-likeness (QED) is 0.245. The molecule has 2 fully saturated rings. The molecule has 0 saturated carbocycles. The van der Waals surface area contributed by atoms with Gasteiger partial charge in [-0.1, -0.05) is 114 Å². The van der Waals surface area contributed by atoms with Gasteiger partial charge in [0, 0.05) is 31.0 Å². The minimum Gasteiger partial charge on any atom is -1.00 e. The molecule has 2 saturated heterocycles. The molecule has 0 spiro atoms. The average molecular weight is 806 g/mol. The Hall–Kier alpha value is -2.41. The van der Waals surface area contributed by atoms with E-state index in [4.69, 9.17) is 9.47 Å².